The van der Waals surface area contributed by atoms with E-state index in [-0.39, 0.29) is 28.9 Å². The van der Waals surface area contributed by atoms with Crippen molar-refractivity contribution in [1.82, 2.24) is 30.1 Å². The van der Waals surface area contributed by atoms with Crippen LogP contribution in [0.2, 0.25) is 0 Å². The van der Waals surface area contributed by atoms with E-state index in [9.17, 15) is 14.4 Å². The number of aromatic amines is 1. The molecule has 0 aliphatic carbocycles. The van der Waals surface area contributed by atoms with Gasteiger partial charge in [0.1, 0.15) is 5.69 Å². The van der Waals surface area contributed by atoms with E-state index in [1.54, 1.807) is 0 Å². The molecule has 108 valence electrons. The van der Waals surface area contributed by atoms with Gasteiger partial charge in [-0.2, -0.15) is 5.10 Å². The van der Waals surface area contributed by atoms with Crippen molar-refractivity contribution in [3.8, 4) is 0 Å². The molecule has 10 heteroatoms. The monoisotopic (exact) mass is 290 g/mol. The molecular formula is C11H10N6O4. The highest BCUT2D eigenvalue weighted by atomic mass is 16.4. The molecule has 2 N–H and O–H groups in total. The highest BCUT2D eigenvalue weighted by Gasteiger charge is 2.34. The van der Waals surface area contributed by atoms with Crippen LogP contribution in [-0.2, 0) is 0 Å². The minimum atomic E-state index is -1.15. The molecule has 0 bridgehead atoms. The second kappa shape index (κ2) is 4.81. The lowest BCUT2D eigenvalue weighted by molar-refractivity contribution is 0.0490. The number of aromatic carboxylic acids is 1. The summed E-state index contributed by atoms with van der Waals surface area (Å²) < 4.78 is 1.42. The van der Waals surface area contributed by atoms with E-state index in [1.807, 2.05) is 0 Å². The van der Waals surface area contributed by atoms with Gasteiger partial charge in [-0.25, -0.2) is 14.6 Å². The van der Waals surface area contributed by atoms with Gasteiger partial charge in [0.2, 0.25) is 0 Å². The average Bonchev–Trinajstić information content (AvgIpc) is 2.87. The summed E-state index contributed by atoms with van der Waals surface area (Å²) in [4.78, 5) is 35.1. The SMILES string of the molecule is O=C(O)c1cn(C2CN(C(=O)c3ccc(=O)[nH]n3)C2)nn1. The summed E-state index contributed by atoms with van der Waals surface area (Å²) >= 11 is 0. The van der Waals surface area contributed by atoms with E-state index in [2.05, 4.69) is 20.5 Å². The van der Waals surface area contributed by atoms with Crippen molar-refractivity contribution < 1.29 is 14.7 Å². The van der Waals surface area contributed by atoms with Crippen molar-refractivity contribution in [3.63, 3.8) is 0 Å². The van der Waals surface area contributed by atoms with E-state index in [1.165, 1.54) is 27.9 Å². The number of likely N-dealkylation sites (tertiary alicyclic amines) is 1. The molecule has 0 spiro atoms. The minimum absolute atomic E-state index is 0.114. The average molecular weight is 290 g/mol. The summed E-state index contributed by atoms with van der Waals surface area (Å²) in [5, 5.41) is 21.9. The van der Waals surface area contributed by atoms with Gasteiger partial charge in [0.05, 0.1) is 12.2 Å². The number of carboxylic acids is 1. The van der Waals surface area contributed by atoms with Crippen LogP contribution >= 0.6 is 0 Å². The van der Waals surface area contributed by atoms with Gasteiger partial charge in [0.15, 0.2) is 5.69 Å². The predicted molar refractivity (Wildman–Crippen MR) is 66.8 cm³/mol. The molecule has 0 unspecified atom stereocenters. The van der Waals surface area contributed by atoms with Gasteiger partial charge in [-0.05, 0) is 6.07 Å². The molecule has 1 amide bonds. The highest BCUT2D eigenvalue weighted by molar-refractivity contribution is 5.92. The number of nitrogens with one attached hydrogen (secondary N) is 1. The normalized spacial score (nSPS) is 14.8. The van der Waals surface area contributed by atoms with Crippen LogP contribution < -0.4 is 5.56 Å². The second-order valence-electron chi connectivity index (χ2n) is 4.56. The first kappa shape index (κ1) is 13.0. The molecule has 0 radical (unpaired) electrons. The Morgan fingerprint density at radius 1 is 1.29 bits per heavy atom. The Kier molecular flexibility index (Phi) is 2.97. The van der Waals surface area contributed by atoms with E-state index in [0.717, 1.165) is 0 Å². The maximum absolute atomic E-state index is 12.0. The van der Waals surface area contributed by atoms with Gasteiger partial charge in [-0.1, -0.05) is 5.21 Å². The Labute approximate surface area is 117 Å². The zero-order valence-corrected chi connectivity index (χ0v) is 10.6. The van der Waals surface area contributed by atoms with Crippen LogP contribution in [0.1, 0.15) is 27.0 Å². The van der Waals surface area contributed by atoms with Crippen LogP contribution in [0.4, 0.5) is 0 Å². The third kappa shape index (κ3) is 2.38. The summed E-state index contributed by atoms with van der Waals surface area (Å²) in [6, 6.07) is 2.47. The van der Waals surface area contributed by atoms with E-state index < -0.39 is 5.97 Å². The molecule has 3 heterocycles. The van der Waals surface area contributed by atoms with Gasteiger partial charge < -0.3 is 10.0 Å². The molecule has 1 aliphatic rings. The minimum Gasteiger partial charge on any atom is -0.476 e. The van der Waals surface area contributed by atoms with E-state index in [0.29, 0.717) is 13.1 Å². The van der Waals surface area contributed by atoms with Crippen molar-refractivity contribution >= 4 is 11.9 Å². The number of H-pyrrole nitrogens is 1. The zero-order chi connectivity index (χ0) is 15.0. The molecular weight excluding hydrogens is 280 g/mol. The van der Waals surface area contributed by atoms with Gasteiger partial charge in [0.25, 0.3) is 11.5 Å². The molecule has 2 aromatic rings. The number of carbonyl (C=O) groups excluding carboxylic acids is 1. The van der Waals surface area contributed by atoms with Gasteiger partial charge in [-0.15, -0.1) is 5.10 Å². The molecule has 21 heavy (non-hydrogen) atoms. The van der Waals surface area contributed by atoms with Gasteiger partial charge in [-0.3, -0.25) is 9.59 Å². The number of nitrogens with zero attached hydrogens (tertiary/aromatic N) is 5. The summed E-state index contributed by atoms with van der Waals surface area (Å²) in [5.41, 5.74) is -0.364. The number of hydrogen-bond donors (Lipinski definition) is 2. The maximum Gasteiger partial charge on any atom is 0.358 e. The molecule has 3 rings (SSSR count). The summed E-state index contributed by atoms with van der Waals surface area (Å²) in [7, 11) is 0. The Balaban J connectivity index is 1.64. The Morgan fingerprint density at radius 2 is 2.05 bits per heavy atom. The number of amides is 1. The van der Waals surface area contributed by atoms with Crippen LogP contribution in [0, 0.1) is 0 Å². The molecule has 2 aromatic heterocycles. The molecule has 0 aromatic carbocycles. The summed E-state index contributed by atoms with van der Waals surface area (Å²) in [6.07, 6.45) is 1.33. The van der Waals surface area contributed by atoms with Crippen molar-refractivity contribution in [3.05, 3.63) is 40.1 Å². The van der Waals surface area contributed by atoms with Crippen LogP contribution in [0.5, 0.6) is 0 Å². The summed E-state index contributed by atoms with van der Waals surface area (Å²) in [6.45, 7) is 0.754. The first-order valence-electron chi connectivity index (χ1n) is 6.05. The van der Waals surface area contributed by atoms with Crippen LogP contribution in [0.15, 0.2) is 23.1 Å². The number of aromatic nitrogens is 5. The smallest absolute Gasteiger partial charge is 0.358 e. The second-order valence-corrected chi connectivity index (χ2v) is 4.56. The fourth-order valence-corrected chi connectivity index (χ4v) is 1.97. The van der Waals surface area contributed by atoms with Crippen molar-refractivity contribution in [2.45, 2.75) is 6.04 Å². The molecule has 1 fully saturated rings. The third-order valence-corrected chi connectivity index (χ3v) is 3.15. The number of hydrogen-bond acceptors (Lipinski definition) is 6. The Morgan fingerprint density at radius 3 is 2.62 bits per heavy atom. The first-order chi connectivity index (χ1) is 10.0. The summed E-state index contributed by atoms with van der Waals surface area (Å²) in [5.74, 6) is -1.45. The number of carboxylic acid groups (broad SMARTS) is 1. The zero-order valence-electron chi connectivity index (χ0n) is 10.6. The number of rotatable bonds is 3. The molecule has 0 atom stereocenters. The first-order valence-corrected chi connectivity index (χ1v) is 6.05. The molecule has 10 nitrogen and oxygen atoms in total. The lowest BCUT2D eigenvalue weighted by atomic mass is 10.1. The molecule has 0 saturated carbocycles. The topological polar surface area (TPSA) is 134 Å². The largest absolute Gasteiger partial charge is 0.476 e. The lowest BCUT2D eigenvalue weighted by Gasteiger charge is -2.38. The van der Waals surface area contributed by atoms with Crippen molar-refractivity contribution in [2.24, 2.45) is 0 Å². The fraction of sp³-hybridized carbons (Fsp3) is 0.273. The van der Waals surface area contributed by atoms with Gasteiger partial charge in [0, 0.05) is 19.2 Å². The van der Waals surface area contributed by atoms with Crippen LogP contribution in [0.3, 0.4) is 0 Å². The molecule has 1 aliphatic heterocycles. The maximum atomic E-state index is 12.0. The van der Waals surface area contributed by atoms with Crippen molar-refractivity contribution in [1.29, 1.82) is 0 Å². The third-order valence-electron chi connectivity index (χ3n) is 3.15. The quantitative estimate of drug-likeness (QED) is 0.721. The highest BCUT2D eigenvalue weighted by Crippen LogP contribution is 2.21. The predicted octanol–water partition coefficient (Wildman–Crippen LogP) is -1.24. The van der Waals surface area contributed by atoms with E-state index >= 15 is 0 Å². The lowest BCUT2D eigenvalue weighted by Crippen LogP contribution is -2.51. The van der Waals surface area contributed by atoms with E-state index in [4.69, 9.17) is 5.11 Å². The Hall–Kier alpha value is -3.04. The molecule has 1 saturated heterocycles. The Bertz CT molecular complexity index is 740. The van der Waals surface area contributed by atoms with Crippen molar-refractivity contribution in [2.75, 3.05) is 13.1 Å². The fourth-order valence-electron chi connectivity index (χ4n) is 1.97. The van der Waals surface area contributed by atoms with Crippen LogP contribution in [-0.4, -0.2) is 60.2 Å². The van der Waals surface area contributed by atoms with Crippen LogP contribution in [0.25, 0.3) is 0 Å². The standard InChI is InChI=1S/C11H10N6O4/c18-9-2-1-7(12-14-9)10(19)16-3-6(4-16)17-5-8(11(20)21)13-15-17/h1-2,5-6H,3-4H2,(H,14,18)(H,20,21). The van der Waals surface area contributed by atoms with Gasteiger partial charge >= 0.3 is 5.97 Å². The number of carbonyl (C=O) groups is 2.